The molecule has 21 heavy (non-hydrogen) atoms. The average molecular weight is 356 g/mol. The molecule has 0 heterocycles. The van der Waals surface area contributed by atoms with E-state index in [1.54, 1.807) is 0 Å². The van der Waals surface area contributed by atoms with Crippen molar-refractivity contribution in [3.63, 3.8) is 0 Å². The van der Waals surface area contributed by atoms with Crippen molar-refractivity contribution in [3.8, 4) is 0 Å². The molecule has 0 aliphatic heterocycles. The summed E-state index contributed by atoms with van der Waals surface area (Å²) in [7, 11) is 0. The van der Waals surface area contributed by atoms with Crippen molar-refractivity contribution in [1.82, 2.24) is 10.3 Å². The predicted octanol–water partition coefficient (Wildman–Crippen LogP) is 3.72. The molecule has 4 heteroatoms. The van der Waals surface area contributed by atoms with Crippen LogP contribution in [0.15, 0.2) is 28.7 Å². The van der Waals surface area contributed by atoms with Crippen molar-refractivity contribution in [3.05, 3.63) is 34.3 Å². The Morgan fingerprint density at radius 1 is 1.10 bits per heavy atom. The molecule has 0 radical (unpaired) electrons. The molecule has 0 aliphatic carbocycles. The lowest BCUT2D eigenvalue weighted by Gasteiger charge is -2.48. The minimum absolute atomic E-state index is 0.103. The molecular formula is C17H30BrN3. The number of nitrogens with two attached hydrogens (primary N) is 1. The molecule has 3 nitrogen and oxygen atoms in total. The fourth-order valence-electron chi connectivity index (χ4n) is 3.52. The van der Waals surface area contributed by atoms with Crippen LogP contribution in [0.25, 0.3) is 0 Å². The maximum atomic E-state index is 5.95. The fourth-order valence-corrected chi connectivity index (χ4v) is 3.79. The first-order valence-electron chi connectivity index (χ1n) is 8.03. The number of likely N-dealkylation sites (N-methyl/N-ethyl adjacent to an activating group) is 1. The largest absolute Gasteiger partial charge is 0.297 e. The van der Waals surface area contributed by atoms with Crippen LogP contribution in [0.3, 0.4) is 0 Å². The Labute approximate surface area is 138 Å². The summed E-state index contributed by atoms with van der Waals surface area (Å²) >= 11 is 3.49. The average Bonchev–Trinajstić information content (AvgIpc) is 2.52. The Morgan fingerprint density at radius 2 is 1.62 bits per heavy atom. The second-order valence-electron chi connectivity index (χ2n) is 5.53. The lowest BCUT2D eigenvalue weighted by molar-refractivity contribution is 0.0492. The van der Waals surface area contributed by atoms with Crippen LogP contribution < -0.4 is 11.3 Å². The highest BCUT2D eigenvalue weighted by Crippen LogP contribution is 2.30. The minimum atomic E-state index is 0.103. The first-order valence-corrected chi connectivity index (χ1v) is 8.82. The highest BCUT2D eigenvalue weighted by atomic mass is 79.9. The van der Waals surface area contributed by atoms with Gasteiger partial charge in [0.1, 0.15) is 0 Å². The van der Waals surface area contributed by atoms with Gasteiger partial charge in [0.05, 0.1) is 0 Å². The maximum absolute atomic E-state index is 5.95. The van der Waals surface area contributed by atoms with E-state index in [4.69, 9.17) is 5.84 Å². The molecule has 1 aromatic rings. The molecule has 0 saturated carbocycles. The van der Waals surface area contributed by atoms with Crippen LogP contribution >= 0.6 is 15.9 Å². The highest BCUT2D eigenvalue weighted by molar-refractivity contribution is 9.10. The highest BCUT2D eigenvalue weighted by Gasteiger charge is 2.39. The molecule has 1 rings (SSSR count). The molecule has 120 valence electrons. The third-order valence-corrected chi connectivity index (χ3v) is 5.35. The standard InChI is InChI=1S/C17H30BrN3/c1-5-17(6-2,21(7-3)8-4)16(20-19)13-14-9-11-15(18)12-10-14/h9-12,16,20H,5-8,13,19H2,1-4H3. The number of rotatable bonds is 9. The van der Waals surface area contributed by atoms with Crippen LogP contribution in [-0.4, -0.2) is 29.6 Å². The normalized spacial score (nSPS) is 13.7. The minimum Gasteiger partial charge on any atom is -0.297 e. The van der Waals surface area contributed by atoms with Gasteiger partial charge in [-0.3, -0.25) is 16.2 Å². The second kappa shape index (κ2) is 8.89. The van der Waals surface area contributed by atoms with E-state index >= 15 is 0 Å². The summed E-state index contributed by atoms with van der Waals surface area (Å²) in [6.45, 7) is 11.1. The van der Waals surface area contributed by atoms with Gasteiger partial charge in [0.25, 0.3) is 0 Å². The molecule has 1 atom stereocenters. The third-order valence-electron chi connectivity index (χ3n) is 4.82. The number of nitrogens with zero attached hydrogens (tertiary/aromatic N) is 1. The quantitative estimate of drug-likeness (QED) is 0.523. The topological polar surface area (TPSA) is 41.3 Å². The zero-order chi connectivity index (χ0) is 15.9. The Balaban J connectivity index is 3.04. The molecular weight excluding hydrogens is 326 g/mol. The van der Waals surface area contributed by atoms with E-state index in [0.717, 1.165) is 36.8 Å². The maximum Gasteiger partial charge on any atom is 0.0434 e. The van der Waals surface area contributed by atoms with Gasteiger partial charge >= 0.3 is 0 Å². The van der Waals surface area contributed by atoms with E-state index < -0.39 is 0 Å². The molecule has 0 bridgehead atoms. The number of hydrogen-bond donors (Lipinski definition) is 2. The summed E-state index contributed by atoms with van der Waals surface area (Å²) in [6.07, 6.45) is 3.13. The van der Waals surface area contributed by atoms with Gasteiger partial charge in [0.15, 0.2) is 0 Å². The van der Waals surface area contributed by atoms with Gasteiger partial charge in [-0.15, -0.1) is 0 Å². The van der Waals surface area contributed by atoms with Gasteiger partial charge in [0, 0.05) is 16.1 Å². The number of hydrazine groups is 1. The van der Waals surface area contributed by atoms with Crippen LogP contribution in [0, 0.1) is 0 Å². The lowest BCUT2D eigenvalue weighted by Crippen LogP contribution is -2.63. The molecule has 0 aliphatic rings. The SMILES string of the molecule is CCN(CC)C(CC)(CC)C(Cc1ccc(Br)cc1)NN. The Bertz CT molecular complexity index is 397. The van der Waals surface area contributed by atoms with Gasteiger partial charge < -0.3 is 0 Å². The van der Waals surface area contributed by atoms with Gasteiger partial charge in [-0.1, -0.05) is 55.8 Å². The summed E-state index contributed by atoms with van der Waals surface area (Å²) in [6, 6.07) is 8.78. The third kappa shape index (κ3) is 4.28. The number of halogens is 1. The van der Waals surface area contributed by atoms with Crippen molar-refractivity contribution in [2.24, 2.45) is 5.84 Å². The summed E-state index contributed by atoms with van der Waals surface area (Å²) in [5.41, 5.74) is 4.53. The Kier molecular flexibility index (Phi) is 7.88. The summed E-state index contributed by atoms with van der Waals surface area (Å²) in [5, 5.41) is 0. The van der Waals surface area contributed by atoms with Crippen LogP contribution in [-0.2, 0) is 6.42 Å². The number of benzene rings is 1. The van der Waals surface area contributed by atoms with Gasteiger partial charge in [-0.05, 0) is 50.0 Å². The Morgan fingerprint density at radius 3 is 2.00 bits per heavy atom. The molecule has 1 aromatic carbocycles. The smallest absolute Gasteiger partial charge is 0.0434 e. The molecule has 0 fully saturated rings. The zero-order valence-corrected chi connectivity index (χ0v) is 15.4. The van der Waals surface area contributed by atoms with Gasteiger partial charge in [-0.25, -0.2) is 0 Å². The summed E-state index contributed by atoms with van der Waals surface area (Å²) in [5.74, 6) is 5.95. The lowest BCUT2D eigenvalue weighted by atomic mass is 9.80. The first kappa shape index (κ1) is 18.6. The van der Waals surface area contributed by atoms with E-state index in [1.165, 1.54) is 5.56 Å². The fraction of sp³-hybridized carbons (Fsp3) is 0.647. The summed E-state index contributed by atoms with van der Waals surface area (Å²) in [4.78, 5) is 2.55. The molecule has 0 amide bonds. The van der Waals surface area contributed by atoms with Crippen molar-refractivity contribution in [1.29, 1.82) is 0 Å². The van der Waals surface area contributed by atoms with Crippen molar-refractivity contribution < 1.29 is 0 Å². The monoisotopic (exact) mass is 355 g/mol. The van der Waals surface area contributed by atoms with Crippen molar-refractivity contribution in [2.45, 2.75) is 58.5 Å². The van der Waals surface area contributed by atoms with Crippen molar-refractivity contribution in [2.75, 3.05) is 13.1 Å². The van der Waals surface area contributed by atoms with Crippen LogP contribution in [0.4, 0.5) is 0 Å². The van der Waals surface area contributed by atoms with E-state index in [0.29, 0.717) is 0 Å². The van der Waals surface area contributed by atoms with Crippen LogP contribution in [0.2, 0.25) is 0 Å². The van der Waals surface area contributed by atoms with Crippen LogP contribution in [0.1, 0.15) is 46.1 Å². The molecule has 0 aromatic heterocycles. The Hall–Kier alpha value is -0.420. The van der Waals surface area contributed by atoms with Crippen molar-refractivity contribution >= 4 is 15.9 Å². The predicted molar refractivity (Wildman–Crippen MR) is 95.2 cm³/mol. The molecule has 0 spiro atoms. The second-order valence-corrected chi connectivity index (χ2v) is 6.45. The summed E-state index contributed by atoms with van der Waals surface area (Å²) < 4.78 is 1.12. The first-order chi connectivity index (χ1) is 10.1. The zero-order valence-electron chi connectivity index (χ0n) is 13.8. The van der Waals surface area contributed by atoms with E-state index in [1.807, 2.05) is 0 Å². The van der Waals surface area contributed by atoms with Gasteiger partial charge in [0.2, 0.25) is 0 Å². The number of nitrogens with one attached hydrogen (secondary N) is 1. The number of hydrogen-bond acceptors (Lipinski definition) is 3. The van der Waals surface area contributed by atoms with Gasteiger partial charge in [-0.2, -0.15) is 0 Å². The molecule has 3 N–H and O–H groups in total. The molecule has 0 saturated heterocycles. The van der Waals surface area contributed by atoms with E-state index in [9.17, 15) is 0 Å². The van der Waals surface area contributed by atoms with E-state index in [2.05, 4.69) is 78.2 Å². The van der Waals surface area contributed by atoms with Crippen LogP contribution in [0.5, 0.6) is 0 Å². The molecule has 1 unspecified atom stereocenters. The van der Waals surface area contributed by atoms with E-state index in [-0.39, 0.29) is 11.6 Å².